The van der Waals surface area contributed by atoms with Crippen LogP contribution in [0.5, 0.6) is 0 Å². The number of rotatable bonds is 45. The molecular formula is C61H94O6. The Balaban J connectivity index is 4.60. The van der Waals surface area contributed by atoms with Crippen LogP contribution < -0.4 is 0 Å². The molecule has 0 rings (SSSR count). The summed E-state index contributed by atoms with van der Waals surface area (Å²) >= 11 is 0. The third-order valence-electron chi connectivity index (χ3n) is 10.6. The van der Waals surface area contributed by atoms with Crippen LogP contribution in [0.2, 0.25) is 0 Å². The van der Waals surface area contributed by atoms with Crippen LogP contribution in [-0.2, 0) is 28.6 Å². The van der Waals surface area contributed by atoms with E-state index in [0.29, 0.717) is 19.3 Å². The molecule has 374 valence electrons. The second kappa shape index (κ2) is 53.9. The second-order valence-corrected chi connectivity index (χ2v) is 17.0. The first kappa shape index (κ1) is 62.3. The number of hydrogen-bond acceptors (Lipinski definition) is 6. The molecule has 1 atom stereocenters. The first-order valence-electron chi connectivity index (χ1n) is 26.5. The molecule has 0 aromatic rings. The van der Waals surface area contributed by atoms with E-state index < -0.39 is 6.10 Å². The Bertz CT molecular complexity index is 1530. The molecular weight excluding hydrogens is 829 g/mol. The lowest BCUT2D eigenvalue weighted by Gasteiger charge is -2.18. The van der Waals surface area contributed by atoms with E-state index >= 15 is 0 Å². The molecule has 0 saturated carbocycles. The van der Waals surface area contributed by atoms with Gasteiger partial charge in [0.05, 0.1) is 0 Å². The zero-order valence-corrected chi connectivity index (χ0v) is 42.6. The van der Waals surface area contributed by atoms with Gasteiger partial charge in [0.1, 0.15) is 13.2 Å². The first-order valence-corrected chi connectivity index (χ1v) is 26.5. The number of carbonyl (C=O) groups is 3. The van der Waals surface area contributed by atoms with Crippen molar-refractivity contribution in [1.82, 2.24) is 0 Å². The van der Waals surface area contributed by atoms with Crippen molar-refractivity contribution in [2.24, 2.45) is 0 Å². The highest BCUT2D eigenvalue weighted by Gasteiger charge is 2.19. The van der Waals surface area contributed by atoms with Crippen LogP contribution >= 0.6 is 0 Å². The second-order valence-electron chi connectivity index (χ2n) is 17.0. The van der Waals surface area contributed by atoms with Gasteiger partial charge in [-0.25, -0.2) is 0 Å². The SMILES string of the molecule is CC\C=C/C=C\C=C/C=C\C=C/CCCCCC(=O)OCC(COC(=O)CCCCCCC\C=C/C=C\C=C/C=C\C=C/CCC)OC(=O)CCCCC/C=C\C=C/CCCCCCCCC. The highest BCUT2D eigenvalue weighted by Crippen LogP contribution is 2.12. The maximum absolute atomic E-state index is 12.8. The number of hydrogen-bond donors (Lipinski definition) is 0. The maximum Gasteiger partial charge on any atom is 0.306 e. The van der Waals surface area contributed by atoms with Crippen LogP contribution in [-0.4, -0.2) is 37.2 Å². The van der Waals surface area contributed by atoms with Crippen molar-refractivity contribution in [2.45, 2.75) is 207 Å². The van der Waals surface area contributed by atoms with Crippen molar-refractivity contribution in [1.29, 1.82) is 0 Å². The molecule has 0 aromatic carbocycles. The predicted octanol–water partition coefficient (Wildman–Crippen LogP) is 17.6. The van der Waals surface area contributed by atoms with Crippen LogP contribution in [0.1, 0.15) is 201 Å². The highest BCUT2D eigenvalue weighted by molar-refractivity contribution is 5.71. The minimum atomic E-state index is -0.827. The fourth-order valence-electron chi connectivity index (χ4n) is 6.60. The maximum atomic E-state index is 12.8. The summed E-state index contributed by atoms with van der Waals surface area (Å²) in [6.45, 7) is 6.30. The topological polar surface area (TPSA) is 78.9 Å². The number of unbranched alkanes of at least 4 members (excludes halogenated alkanes) is 19. The molecule has 0 aliphatic heterocycles. The average molecular weight is 923 g/mol. The molecule has 1 unspecified atom stereocenters. The summed E-state index contributed by atoms with van der Waals surface area (Å²) in [5, 5.41) is 0. The Morgan fingerprint density at radius 1 is 0.313 bits per heavy atom. The average Bonchev–Trinajstić information content (AvgIpc) is 3.33. The Morgan fingerprint density at radius 2 is 0.612 bits per heavy atom. The first-order chi connectivity index (χ1) is 33.0. The number of esters is 3. The Morgan fingerprint density at radius 3 is 1.00 bits per heavy atom. The summed E-state index contributed by atoms with van der Waals surface area (Å²) in [6.07, 6.45) is 76.8. The number of ether oxygens (including phenoxy) is 3. The van der Waals surface area contributed by atoms with E-state index in [2.05, 4.69) is 81.5 Å². The third-order valence-corrected chi connectivity index (χ3v) is 10.6. The van der Waals surface area contributed by atoms with E-state index in [4.69, 9.17) is 14.2 Å². The lowest BCUT2D eigenvalue weighted by Crippen LogP contribution is -2.30. The van der Waals surface area contributed by atoms with Crippen LogP contribution in [0.15, 0.2) is 146 Å². The summed E-state index contributed by atoms with van der Waals surface area (Å²) in [4.78, 5) is 38.0. The monoisotopic (exact) mass is 923 g/mol. The molecule has 0 spiro atoms. The van der Waals surface area contributed by atoms with Crippen LogP contribution in [0.25, 0.3) is 0 Å². The summed E-state index contributed by atoms with van der Waals surface area (Å²) in [5.74, 6) is -1.02. The van der Waals surface area contributed by atoms with Gasteiger partial charge in [-0.3, -0.25) is 14.4 Å². The molecule has 0 fully saturated rings. The predicted molar refractivity (Wildman–Crippen MR) is 288 cm³/mol. The molecule has 0 aromatic heterocycles. The lowest BCUT2D eigenvalue weighted by atomic mass is 10.1. The Hall–Kier alpha value is -4.71. The van der Waals surface area contributed by atoms with Crippen molar-refractivity contribution >= 4 is 17.9 Å². The van der Waals surface area contributed by atoms with Crippen LogP contribution in [0.3, 0.4) is 0 Å². The van der Waals surface area contributed by atoms with Crippen LogP contribution in [0, 0.1) is 0 Å². The van der Waals surface area contributed by atoms with Gasteiger partial charge >= 0.3 is 17.9 Å². The Kier molecular flexibility index (Phi) is 50.1. The van der Waals surface area contributed by atoms with Gasteiger partial charge in [0, 0.05) is 19.3 Å². The normalized spacial score (nSPS) is 13.3. The summed E-state index contributed by atoms with van der Waals surface area (Å²) in [6, 6.07) is 0. The smallest absolute Gasteiger partial charge is 0.306 e. The van der Waals surface area contributed by atoms with Crippen LogP contribution in [0.4, 0.5) is 0 Å². The molecule has 0 amide bonds. The Labute approximate surface area is 410 Å². The molecule has 0 N–H and O–H groups in total. The molecule has 6 heteroatoms. The summed E-state index contributed by atoms with van der Waals surface area (Å²) in [7, 11) is 0. The van der Waals surface area contributed by atoms with Crippen molar-refractivity contribution in [2.75, 3.05) is 13.2 Å². The third kappa shape index (κ3) is 52.1. The minimum Gasteiger partial charge on any atom is -0.462 e. The van der Waals surface area contributed by atoms with E-state index in [-0.39, 0.29) is 37.5 Å². The lowest BCUT2D eigenvalue weighted by molar-refractivity contribution is -0.167. The molecule has 0 saturated heterocycles. The number of allylic oxidation sites excluding steroid dienone is 24. The van der Waals surface area contributed by atoms with Gasteiger partial charge in [0.2, 0.25) is 0 Å². The molecule has 67 heavy (non-hydrogen) atoms. The van der Waals surface area contributed by atoms with Gasteiger partial charge in [0.25, 0.3) is 0 Å². The van der Waals surface area contributed by atoms with Gasteiger partial charge in [-0.1, -0.05) is 244 Å². The van der Waals surface area contributed by atoms with E-state index in [1.807, 2.05) is 85.1 Å². The molecule has 0 radical (unpaired) electrons. The van der Waals surface area contributed by atoms with Gasteiger partial charge in [0.15, 0.2) is 6.10 Å². The van der Waals surface area contributed by atoms with Crippen molar-refractivity contribution in [3.8, 4) is 0 Å². The summed E-state index contributed by atoms with van der Waals surface area (Å²) in [5.41, 5.74) is 0. The highest BCUT2D eigenvalue weighted by atomic mass is 16.6. The summed E-state index contributed by atoms with van der Waals surface area (Å²) < 4.78 is 16.7. The van der Waals surface area contributed by atoms with Gasteiger partial charge in [-0.2, -0.15) is 0 Å². The van der Waals surface area contributed by atoms with E-state index in [9.17, 15) is 14.4 Å². The zero-order valence-electron chi connectivity index (χ0n) is 42.6. The largest absolute Gasteiger partial charge is 0.462 e. The fourth-order valence-corrected chi connectivity index (χ4v) is 6.60. The van der Waals surface area contributed by atoms with Crippen molar-refractivity contribution in [3.63, 3.8) is 0 Å². The van der Waals surface area contributed by atoms with Gasteiger partial charge in [-0.15, -0.1) is 0 Å². The molecule has 6 nitrogen and oxygen atoms in total. The minimum absolute atomic E-state index is 0.123. The van der Waals surface area contributed by atoms with Crippen molar-refractivity contribution in [3.05, 3.63) is 146 Å². The fraction of sp³-hybridized carbons (Fsp3) is 0.557. The van der Waals surface area contributed by atoms with Gasteiger partial charge in [-0.05, 0) is 83.5 Å². The molecule has 0 aliphatic carbocycles. The van der Waals surface area contributed by atoms with E-state index in [1.165, 1.54) is 51.4 Å². The van der Waals surface area contributed by atoms with Gasteiger partial charge < -0.3 is 14.2 Å². The standard InChI is InChI=1S/C61H94O6/c1-4-7-10-13-16-19-22-25-28-30-31-34-36-39-42-45-48-51-54-60(63)66-57-58(56-65-59(62)53-50-47-44-41-38-35-32-27-24-21-18-15-12-9-6-3)67-61(64)55-52-49-46-43-40-37-33-29-26-23-20-17-14-11-8-5-2/h9-10,12-13,15-16,18-19,21-22,24-25,27-35,37-38,40,58H,4-8,11,14,17,20,23,26,36,39,41-57H2,1-3H3/b12-9-,13-10-,18-15-,19-16-,24-21-,25-22-,30-28-,32-27-,33-29-,34-31-,38-35-,40-37-. The molecule has 0 heterocycles. The molecule has 0 aliphatic rings. The van der Waals surface area contributed by atoms with E-state index in [1.54, 1.807) is 0 Å². The quantitative estimate of drug-likeness (QED) is 0.0262. The van der Waals surface area contributed by atoms with Crippen molar-refractivity contribution < 1.29 is 28.6 Å². The molecule has 0 bridgehead atoms. The van der Waals surface area contributed by atoms with E-state index in [0.717, 1.165) is 103 Å². The zero-order chi connectivity index (χ0) is 48.6. The number of carbonyl (C=O) groups excluding carboxylic acids is 3.